The van der Waals surface area contributed by atoms with Crippen LogP contribution in [0.1, 0.15) is 37.8 Å². The molecule has 1 saturated carbocycles. The van der Waals surface area contributed by atoms with Gasteiger partial charge in [-0.15, -0.1) is 0 Å². The summed E-state index contributed by atoms with van der Waals surface area (Å²) < 4.78 is 19.2. The van der Waals surface area contributed by atoms with Crippen LogP contribution < -0.4 is 5.32 Å². The Bertz CT molecular complexity index is 949. The molecule has 31 heavy (non-hydrogen) atoms. The molecule has 2 unspecified atom stereocenters. The van der Waals surface area contributed by atoms with Crippen molar-refractivity contribution in [2.45, 2.75) is 62.9 Å². The van der Waals surface area contributed by atoms with E-state index in [0.29, 0.717) is 12.1 Å². The molecule has 3 aliphatic heterocycles. The normalized spacial score (nSPS) is 33.5. The fourth-order valence-electron chi connectivity index (χ4n) is 5.12. The van der Waals surface area contributed by atoms with Gasteiger partial charge < -0.3 is 30.3 Å². The number of fused-ring (bicyclic) bond motifs is 5. The average molecular weight is 431 g/mol. The van der Waals surface area contributed by atoms with E-state index in [-0.39, 0.29) is 35.5 Å². The molecule has 3 heterocycles. The van der Waals surface area contributed by atoms with Gasteiger partial charge in [0.15, 0.2) is 6.23 Å². The van der Waals surface area contributed by atoms with E-state index in [0.717, 1.165) is 19.3 Å². The molecule has 4 aliphatic rings. The first-order chi connectivity index (χ1) is 14.8. The lowest BCUT2D eigenvalue weighted by atomic mass is 9.97. The van der Waals surface area contributed by atoms with E-state index < -0.39 is 30.0 Å². The van der Waals surface area contributed by atoms with Crippen molar-refractivity contribution in [2.24, 2.45) is 0 Å². The molecule has 1 aliphatic carbocycles. The molecule has 1 amide bonds. The number of ether oxygens (including phenoxy) is 1. The molecule has 1 aromatic rings. The van der Waals surface area contributed by atoms with Gasteiger partial charge in [-0.25, -0.2) is 9.29 Å². The maximum absolute atomic E-state index is 13.2. The highest BCUT2D eigenvalue weighted by Crippen LogP contribution is 2.42. The fourth-order valence-corrected chi connectivity index (χ4v) is 5.12. The molecule has 0 spiro atoms. The van der Waals surface area contributed by atoms with Crippen LogP contribution in [0.4, 0.5) is 4.39 Å². The van der Waals surface area contributed by atoms with Gasteiger partial charge in [0.2, 0.25) is 0 Å². The number of amides is 1. The molecule has 2 bridgehead atoms. The zero-order valence-corrected chi connectivity index (χ0v) is 17.1. The summed E-state index contributed by atoms with van der Waals surface area (Å²) in [5.74, 6) is -1.36. The molecular weight excluding hydrogens is 405 g/mol. The van der Waals surface area contributed by atoms with Crippen molar-refractivity contribution in [3.05, 3.63) is 58.9 Å². The predicted octanol–water partition coefficient (Wildman–Crippen LogP) is 1.24. The van der Waals surface area contributed by atoms with E-state index >= 15 is 0 Å². The van der Waals surface area contributed by atoms with E-state index in [9.17, 15) is 24.5 Å². The molecule has 166 valence electrons. The summed E-state index contributed by atoms with van der Waals surface area (Å²) in [7, 11) is 0. The van der Waals surface area contributed by atoms with Crippen molar-refractivity contribution in [1.29, 1.82) is 0 Å². The van der Waals surface area contributed by atoms with Crippen molar-refractivity contribution in [3.63, 3.8) is 0 Å². The highest BCUT2D eigenvalue weighted by molar-refractivity contribution is 5.95. The molecule has 5 rings (SSSR count). The Labute approximate surface area is 179 Å². The number of piperazine rings is 1. The zero-order valence-electron chi connectivity index (χ0n) is 17.1. The third kappa shape index (κ3) is 3.41. The molecule has 3 fully saturated rings. The fraction of sp³-hybridized carbons (Fsp3) is 0.500. The Morgan fingerprint density at radius 1 is 1.26 bits per heavy atom. The summed E-state index contributed by atoms with van der Waals surface area (Å²) in [5.41, 5.74) is 0.853. The first-order valence-electron chi connectivity index (χ1n) is 10.6. The molecule has 8 nitrogen and oxygen atoms in total. The molecule has 0 radical (unpaired) electrons. The van der Waals surface area contributed by atoms with Crippen LogP contribution in [-0.2, 0) is 9.53 Å². The Kier molecular flexibility index (Phi) is 5.01. The van der Waals surface area contributed by atoms with Crippen molar-refractivity contribution in [2.75, 3.05) is 6.54 Å². The third-order valence-corrected chi connectivity index (χ3v) is 6.74. The molecule has 6 atom stereocenters. The summed E-state index contributed by atoms with van der Waals surface area (Å²) in [6.07, 6.45) is 1.28. The van der Waals surface area contributed by atoms with Crippen LogP contribution in [0.5, 0.6) is 0 Å². The first-order valence-corrected chi connectivity index (χ1v) is 10.6. The predicted molar refractivity (Wildman–Crippen MR) is 108 cm³/mol. The van der Waals surface area contributed by atoms with Crippen LogP contribution in [0, 0.1) is 5.82 Å². The maximum Gasteiger partial charge on any atom is 0.252 e. The number of hydrogen-bond donors (Lipinski definition) is 4. The Morgan fingerprint density at radius 2 is 2.00 bits per heavy atom. The number of nitrogens with zero attached hydrogens (tertiary/aromatic N) is 2. The molecule has 4 N–H and O–H groups in total. The van der Waals surface area contributed by atoms with Crippen LogP contribution in [0.25, 0.3) is 0 Å². The van der Waals surface area contributed by atoms with Crippen LogP contribution in [0.3, 0.4) is 0 Å². The number of carbonyl (C=O) groups excluding carboxylic acids is 1. The minimum absolute atomic E-state index is 0.0327. The van der Waals surface area contributed by atoms with Crippen molar-refractivity contribution in [1.82, 2.24) is 15.1 Å². The summed E-state index contributed by atoms with van der Waals surface area (Å²) in [4.78, 5) is 16.3. The second kappa shape index (κ2) is 7.59. The summed E-state index contributed by atoms with van der Waals surface area (Å²) in [5, 5.41) is 35.1. The van der Waals surface area contributed by atoms with Crippen molar-refractivity contribution in [3.8, 4) is 0 Å². The lowest BCUT2D eigenvalue weighted by Crippen LogP contribution is -2.63. The monoisotopic (exact) mass is 431 g/mol. The largest absolute Gasteiger partial charge is 0.507 e. The Morgan fingerprint density at radius 3 is 2.74 bits per heavy atom. The number of nitrogens with one attached hydrogen (secondary N) is 1. The van der Waals surface area contributed by atoms with E-state index in [2.05, 4.69) is 5.32 Å². The quantitative estimate of drug-likeness (QED) is 0.571. The highest BCUT2D eigenvalue weighted by atomic mass is 19.1. The number of rotatable bonds is 3. The van der Waals surface area contributed by atoms with E-state index in [4.69, 9.17) is 4.74 Å². The summed E-state index contributed by atoms with van der Waals surface area (Å²) >= 11 is 0. The number of benzene rings is 1. The molecule has 0 aromatic heterocycles. The Balaban J connectivity index is 1.37. The van der Waals surface area contributed by atoms with Gasteiger partial charge >= 0.3 is 0 Å². The van der Waals surface area contributed by atoms with E-state index in [1.54, 1.807) is 24.0 Å². The average Bonchev–Trinajstić information content (AvgIpc) is 3.11. The number of aliphatic hydroxyl groups is 3. The molecule has 1 aromatic carbocycles. The van der Waals surface area contributed by atoms with E-state index in [1.807, 2.05) is 4.90 Å². The minimum Gasteiger partial charge on any atom is -0.507 e. The van der Waals surface area contributed by atoms with Crippen molar-refractivity contribution < 1.29 is 29.2 Å². The second-order valence-corrected chi connectivity index (χ2v) is 8.66. The van der Waals surface area contributed by atoms with Crippen molar-refractivity contribution >= 4 is 5.91 Å². The Hall–Kier alpha value is -2.46. The molecular formula is C22H26FN3O5. The van der Waals surface area contributed by atoms with Gasteiger partial charge in [0.25, 0.3) is 5.91 Å². The van der Waals surface area contributed by atoms with Crippen LogP contribution in [-0.4, -0.2) is 68.3 Å². The third-order valence-electron chi connectivity index (χ3n) is 6.74. The van der Waals surface area contributed by atoms with Crippen LogP contribution in [0.2, 0.25) is 0 Å². The van der Waals surface area contributed by atoms with Gasteiger partial charge in [-0.3, -0.25) is 4.79 Å². The first kappa shape index (κ1) is 20.4. The van der Waals surface area contributed by atoms with E-state index in [1.165, 1.54) is 18.3 Å². The van der Waals surface area contributed by atoms with Crippen LogP contribution >= 0.6 is 0 Å². The highest BCUT2D eigenvalue weighted by Gasteiger charge is 2.51. The minimum atomic E-state index is -1.56. The number of hydrogen-bond acceptors (Lipinski definition) is 7. The van der Waals surface area contributed by atoms with Gasteiger partial charge in [-0.05, 0) is 43.9 Å². The summed E-state index contributed by atoms with van der Waals surface area (Å²) in [6.45, 7) is 2.08. The lowest BCUT2D eigenvalue weighted by molar-refractivity contribution is -0.209. The SMILES string of the molecule is C[C@@H](NC(=O)C1=CN2C[C@@H]3O[C@H]4CC[C@H](C4)N3C(O)C2=C(O)C1O)c1ccc(F)cc1. The molecule has 9 heteroatoms. The smallest absolute Gasteiger partial charge is 0.252 e. The number of halogens is 1. The molecule has 2 saturated heterocycles. The van der Waals surface area contributed by atoms with Gasteiger partial charge in [0, 0.05) is 12.2 Å². The summed E-state index contributed by atoms with van der Waals surface area (Å²) in [6, 6.07) is 5.51. The van der Waals surface area contributed by atoms with Gasteiger partial charge in [0.1, 0.15) is 29.6 Å². The number of aliphatic hydroxyl groups excluding tert-OH is 3. The van der Waals surface area contributed by atoms with Gasteiger partial charge in [-0.1, -0.05) is 12.1 Å². The zero-order chi connectivity index (χ0) is 21.9. The maximum atomic E-state index is 13.2. The van der Waals surface area contributed by atoms with Gasteiger partial charge in [-0.2, -0.15) is 0 Å². The van der Waals surface area contributed by atoms with Gasteiger partial charge in [0.05, 0.1) is 24.3 Å². The lowest BCUT2D eigenvalue weighted by Gasteiger charge is -2.51. The second-order valence-electron chi connectivity index (χ2n) is 8.66. The number of carbonyl (C=O) groups is 1. The standard InChI is InChI=1S/C22H26FN3O5/c1-11(12-2-4-13(23)5-3-12)24-21(29)16-9-25-10-17-26(14-6-7-15(8-14)31-17)22(30)18(25)20(28)19(16)27/h2-5,9,11,14-15,17,19,22,27-28,30H,6-8,10H2,1H3,(H,24,29)/t11-,14-,15+,17+,19?,22?/m1/s1. The van der Waals surface area contributed by atoms with Crippen LogP contribution in [0.15, 0.2) is 47.5 Å². The topological polar surface area (TPSA) is 106 Å².